The Balaban J connectivity index is 1.98. The lowest BCUT2D eigenvalue weighted by Gasteiger charge is -2.15. The smallest absolute Gasteiger partial charge is 0.145 e. The van der Waals surface area contributed by atoms with E-state index in [0.29, 0.717) is 19.8 Å². The van der Waals surface area contributed by atoms with Crippen LogP contribution in [0.25, 0.3) is 10.9 Å². The number of rotatable bonds is 7. The molecule has 4 heteroatoms. The van der Waals surface area contributed by atoms with Crippen molar-refractivity contribution in [2.24, 2.45) is 5.73 Å². The molecule has 4 nitrogen and oxygen atoms in total. The maximum absolute atomic E-state index is 5.80. The van der Waals surface area contributed by atoms with Crippen LogP contribution in [0.4, 0.5) is 0 Å². The Morgan fingerprint density at radius 3 is 2.89 bits per heavy atom. The van der Waals surface area contributed by atoms with Crippen molar-refractivity contribution in [3.63, 3.8) is 0 Å². The number of hydrogen-bond donors (Lipinski definition) is 1. The summed E-state index contributed by atoms with van der Waals surface area (Å²) in [5.74, 6) is 0.811. The summed E-state index contributed by atoms with van der Waals surface area (Å²) in [7, 11) is 0. The number of nitrogens with zero attached hydrogens (tertiary/aromatic N) is 1. The van der Waals surface area contributed by atoms with E-state index in [9.17, 15) is 0 Å². The number of para-hydroxylation sites is 1. The molecule has 2 aromatic rings. The topological polar surface area (TPSA) is 57.4 Å². The highest BCUT2D eigenvalue weighted by Crippen LogP contribution is 2.23. The van der Waals surface area contributed by atoms with Crippen LogP contribution in [0, 0.1) is 0 Å². The quantitative estimate of drug-likeness (QED) is 0.830. The molecule has 0 saturated heterocycles. The molecule has 0 radical (unpaired) electrons. The van der Waals surface area contributed by atoms with E-state index in [4.69, 9.17) is 15.2 Å². The van der Waals surface area contributed by atoms with Crippen LogP contribution in [0.5, 0.6) is 5.75 Å². The van der Waals surface area contributed by atoms with Gasteiger partial charge in [-0.2, -0.15) is 0 Å². The second kappa shape index (κ2) is 7.07. The van der Waals surface area contributed by atoms with Gasteiger partial charge in [-0.15, -0.1) is 0 Å². The van der Waals surface area contributed by atoms with Gasteiger partial charge in [0.15, 0.2) is 0 Å². The van der Waals surface area contributed by atoms with Gasteiger partial charge in [-0.3, -0.25) is 4.98 Å². The zero-order chi connectivity index (χ0) is 13.5. The SMILES string of the molecule is CCOC(CN)CCOc1cccc2cccnc12. The molecule has 0 aliphatic rings. The van der Waals surface area contributed by atoms with Gasteiger partial charge >= 0.3 is 0 Å². The van der Waals surface area contributed by atoms with Gasteiger partial charge in [-0.1, -0.05) is 18.2 Å². The van der Waals surface area contributed by atoms with E-state index in [1.165, 1.54) is 0 Å². The Kier molecular flexibility index (Phi) is 5.12. The van der Waals surface area contributed by atoms with Crippen LogP contribution in [0.15, 0.2) is 36.5 Å². The molecule has 1 unspecified atom stereocenters. The molecule has 1 aromatic carbocycles. The summed E-state index contributed by atoms with van der Waals surface area (Å²) < 4.78 is 11.3. The summed E-state index contributed by atoms with van der Waals surface area (Å²) in [6.07, 6.45) is 2.62. The highest BCUT2D eigenvalue weighted by molar-refractivity contribution is 5.84. The molecule has 2 rings (SSSR count). The lowest BCUT2D eigenvalue weighted by atomic mass is 10.2. The first-order chi connectivity index (χ1) is 9.35. The molecule has 1 aromatic heterocycles. The number of hydrogen-bond acceptors (Lipinski definition) is 4. The summed E-state index contributed by atoms with van der Waals surface area (Å²) in [6.45, 7) is 3.75. The lowest BCUT2D eigenvalue weighted by Crippen LogP contribution is -2.25. The molecule has 0 saturated carbocycles. The van der Waals surface area contributed by atoms with Gasteiger partial charge in [0.2, 0.25) is 0 Å². The molecule has 102 valence electrons. The maximum atomic E-state index is 5.80. The predicted molar refractivity (Wildman–Crippen MR) is 76.3 cm³/mol. The van der Waals surface area contributed by atoms with Gasteiger partial charge in [0, 0.05) is 31.2 Å². The van der Waals surface area contributed by atoms with Crippen molar-refractivity contribution >= 4 is 10.9 Å². The second-order valence-corrected chi connectivity index (χ2v) is 4.28. The molecule has 0 spiro atoms. The second-order valence-electron chi connectivity index (χ2n) is 4.28. The van der Waals surface area contributed by atoms with Crippen LogP contribution in [-0.4, -0.2) is 30.8 Å². The van der Waals surface area contributed by atoms with Crippen molar-refractivity contribution in [2.75, 3.05) is 19.8 Å². The van der Waals surface area contributed by atoms with Crippen LogP contribution in [0.1, 0.15) is 13.3 Å². The molecular formula is C15H20N2O2. The molecule has 0 aliphatic carbocycles. The first-order valence-corrected chi connectivity index (χ1v) is 6.63. The van der Waals surface area contributed by atoms with Gasteiger partial charge in [0.25, 0.3) is 0 Å². The van der Waals surface area contributed by atoms with E-state index in [1.54, 1.807) is 6.20 Å². The number of benzene rings is 1. The fourth-order valence-corrected chi connectivity index (χ4v) is 2.00. The normalized spacial score (nSPS) is 12.5. The summed E-state index contributed by atoms with van der Waals surface area (Å²) in [5, 5.41) is 1.08. The monoisotopic (exact) mass is 260 g/mol. The van der Waals surface area contributed by atoms with E-state index in [2.05, 4.69) is 4.98 Å². The summed E-state index contributed by atoms with van der Waals surface area (Å²) in [6, 6.07) is 9.89. The third-order valence-electron chi connectivity index (χ3n) is 2.96. The molecule has 0 amide bonds. The van der Waals surface area contributed by atoms with Crippen molar-refractivity contribution in [1.82, 2.24) is 4.98 Å². The van der Waals surface area contributed by atoms with Gasteiger partial charge < -0.3 is 15.2 Å². The number of aromatic nitrogens is 1. The van der Waals surface area contributed by atoms with Crippen molar-refractivity contribution in [1.29, 1.82) is 0 Å². The molecule has 19 heavy (non-hydrogen) atoms. The molecule has 1 atom stereocenters. The standard InChI is InChI=1S/C15H20N2O2/c1-2-18-13(11-16)8-10-19-14-7-3-5-12-6-4-9-17-15(12)14/h3-7,9,13H,2,8,10-11,16H2,1H3. The first kappa shape index (κ1) is 13.8. The van der Waals surface area contributed by atoms with Crippen molar-refractivity contribution in [3.8, 4) is 5.75 Å². The van der Waals surface area contributed by atoms with Crippen LogP contribution in [0.3, 0.4) is 0 Å². The van der Waals surface area contributed by atoms with E-state index in [-0.39, 0.29) is 6.10 Å². The van der Waals surface area contributed by atoms with Crippen LogP contribution in [-0.2, 0) is 4.74 Å². The molecular weight excluding hydrogens is 240 g/mol. The Morgan fingerprint density at radius 1 is 1.26 bits per heavy atom. The van der Waals surface area contributed by atoms with E-state index in [1.807, 2.05) is 37.3 Å². The van der Waals surface area contributed by atoms with E-state index >= 15 is 0 Å². The molecule has 0 aliphatic heterocycles. The predicted octanol–water partition coefficient (Wildman–Crippen LogP) is 2.37. The Hall–Kier alpha value is -1.65. The first-order valence-electron chi connectivity index (χ1n) is 6.63. The van der Waals surface area contributed by atoms with Crippen molar-refractivity contribution in [2.45, 2.75) is 19.4 Å². The fraction of sp³-hybridized carbons (Fsp3) is 0.400. The van der Waals surface area contributed by atoms with E-state index in [0.717, 1.165) is 23.1 Å². The number of pyridine rings is 1. The summed E-state index contributed by atoms with van der Waals surface area (Å²) >= 11 is 0. The molecule has 2 N–H and O–H groups in total. The van der Waals surface area contributed by atoms with Crippen LogP contribution >= 0.6 is 0 Å². The zero-order valence-corrected chi connectivity index (χ0v) is 11.2. The van der Waals surface area contributed by atoms with E-state index < -0.39 is 0 Å². The number of ether oxygens (including phenoxy) is 2. The number of nitrogens with two attached hydrogens (primary N) is 1. The minimum absolute atomic E-state index is 0.0629. The van der Waals surface area contributed by atoms with Crippen LogP contribution in [0.2, 0.25) is 0 Å². The van der Waals surface area contributed by atoms with Gasteiger partial charge in [-0.25, -0.2) is 0 Å². The highest BCUT2D eigenvalue weighted by Gasteiger charge is 2.07. The third-order valence-corrected chi connectivity index (χ3v) is 2.96. The Morgan fingerprint density at radius 2 is 2.11 bits per heavy atom. The van der Waals surface area contributed by atoms with Gasteiger partial charge in [0.1, 0.15) is 11.3 Å². The Labute approximate surface area is 113 Å². The fourth-order valence-electron chi connectivity index (χ4n) is 2.00. The van der Waals surface area contributed by atoms with Crippen LogP contribution < -0.4 is 10.5 Å². The third kappa shape index (κ3) is 3.66. The Bertz CT molecular complexity index is 511. The maximum Gasteiger partial charge on any atom is 0.145 e. The van der Waals surface area contributed by atoms with Gasteiger partial charge in [0.05, 0.1) is 12.7 Å². The van der Waals surface area contributed by atoms with Gasteiger partial charge in [-0.05, 0) is 19.1 Å². The number of fused-ring (bicyclic) bond motifs is 1. The lowest BCUT2D eigenvalue weighted by molar-refractivity contribution is 0.0528. The van der Waals surface area contributed by atoms with Crippen molar-refractivity contribution < 1.29 is 9.47 Å². The summed E-state index contributed by atoms with van der Waals surface area (Å²) in [4.78, 5) is 4.35. The average molecular weight is 260 g/mol. The molecule has 0 bridgehead atoms. The molecule has 0 fully saturated rings. The zero-order valence-electron chi connectivity index (χ0n) is 11.2. The molecule has 1 heterocycles. The minimum atomic E-state index is 0.0629. The summed E-state index contributed by atoms with van der Waals surface area (Å²) in [5.41, 5.74) is 6.53. The minimum Gasteiger partial charge on any atom is -0.491 e. The largest absolute Gasteiger partial charge is 0.491 e. The van der Waals surface area contributed by atoms with Crippen molar-refractivity contribution in [3.05, 3.63) is 36.5 Å². The average Bonchev–Trinajstić information content (AvgIpc) is 2.46. The highest BCUT2D eigenvalue weighted by atomic mass is 16.5.